The number of hydrogen-bond acceptors (Lipinski definition) is 7. The minimum absolute atomic E-state index is 0.0281. The van der Waals surface area contributed by atoms with Crippen molar-refractivity contribution < 1.29 is 9.59 Å². The summed E-state index contributed by atoms with van der Waals surface area (Å²) in [5.74, 6) is -0.205. The normalized spacial score (nSPS) is 15.9. The topological polar surface area (TPSA) is 114 Å². The lowest BCUT2D eigenvalue weighted by atomic mass is 10.1. The summed E-state index contributed by atoms with van der Waals surface area (Å²) >= 11 is 5.80. The SMILES string of the molecule is CN(C)C=C(C#N)C(=O)Nc1cccc(C(=O)N2CC[C@@H](Nc3ncc(Cl)cn3)C2)c1. The molecule has 2 aromatic rings. The second-order valence-electron chi connectivity index (χ2n) is 7.26. The molecular formula is C21H22ClN7O2. The fourth-order valence-corrected chi connectivity index (χ4v) is 3.24. The lowest BCUT2D eigenvalue weighted by molar-refractivity contribution is -0.112. The van der Waals surface area contributed by atoms with E-state index in [2.05, 4.69) is 20.6 Å². The molecule has 160 valence electrons. The number of amides is 2. The van der Waals surface area contributed by atoms with E-state index in [9.17, 15) is 9.59 Å². The largest absolute Gasteiger partial charge is 0.382 e. The van der Waals surface area contributed by atoms with Gasteiger partial charge >= 0.3 is 0 Å². The molecule has 2 N–H and O–H groups in total. The predicted octanol–water partition coefficient (Wildman–Crippen LogP) is 2.36. The van der Waals surface area contributed by atoms with Crippen LogP contribution in [0.4, 0.5) is 11.6 Å². The fraction of sp³-hybridized carbons (Fsp3) is 0.286. The molecule has 0 spiro atoms. The highest BCUT2D eigenvalue weighted by atomic mass is 35.5. The van der Waals surface area contributed by atoms with Gasteiger partial charge in [-0.25, -0.2) is 9.97 Å². The van der Waals surface area contributed by atoms with Gasteiger partial charge in [0.2, 0.25) is 5.95 Å². The van der Waals surface area contributed by atoms with Crippen LogP contribution >= 0.6 is 11.6 Å². The van der Waals surface area contributed by atoms with E-state index in [1.165, 1.54) is 18.6 Å². The Kier molecular flexibility index (Phi) is 7.05. The third kappa shape index (κ3) is 5.93. The van der Waals surface area contributed by atoms with Crippen LogP contribution in [0.2, 0.25) is 5.02 Å². The smallest absolute Gasteiger partial charge is 0.267 e. The van der Waals surface area contributed by atoms with Gasteiger partial charge in [0, 0.05) is 50.7 Å². The number of aromatic nitrogens is 2. The minimum atomic E-state index is -0.533. The number of carbonyl (C=O) groups is 2. The number of halogens is 1. The minimum Gasteiger partial charge on any atom is -0.382 e. The molecule has 1 aromatic heterocycles. The zero-order valence-corrected chi connectivity index (χ0v) is 17.9. The van der Waals surface area contributed by atoms with Crippen molar-refractivity contribution in [2.45, 2.75) is 12.5 Å². The maximum Gasteiger partial charge on any atom is 0.267 e. The molecule has 0 unspecified atom stereocenters. The number of hydrogen-bond donors (Lipinski definition) is 2. The molecule has 1 atom stereocenters. The number of anilines is 2. The maximum absolute atomic E-state index is 12.9. The van der Waals surface area contributed by atoms with Crippen molar-refractivity contribution in [3.8, 4) is 6.07 Å². The first-order valence-corrected chi connectivity index (χ1v) is 9.96. The lowest BCUT2D eigenvalue weighted by Crippen LogP contribution is -2.32. The van der Waals surface area contributed by atoms with Crippen molar-refractivity contribution in [3.05, 3.63) is 59.0 Å². The Morgan fingerprint density at radius 3 is 2.74 bits per heavy atom. The predicted molar refractivity (Wildman–Crippen MR) is 117 cm³/mol. The van der Waals surface area contributed by atoms with Gasteiger partial charge in [-0.15, -0.1) is 0 Å². The van der Waals surface area contributed by atoms with Crippen LogP contribution < -0.4 is 10.6 Å². The van der Waals surface area contributed by atoms with E-state index < -0.39 is 5.91 Å². The van der Waals surface area contributed by atoms with Crippen molar-refractivity contribution in [2.75, 3.05) is 37.8 Å². The Morgan fingerprint density at radius 1 is 1.32 bits per heavy atom. The van der Waals surface area contributed by atoms with Gasteiger partial charge in [-0.05, 0) is 24.6 Å². The molecule has 1 aliphatic rings. The molecule has 0 radical (unpaired) electrons. The van der Waals surface area contributed by atoms with Crippen molar-refractivity contribution in [1.29, 1.82) is 5.26 Å². The lowest BCUT2D eigenvalue weighted by Gasteiger charge is -2.18. The molecule has 1 aromatic carbocycles. The summed E-state index contributed by atoms with van der Waals surface area (Å²) in [6, 6.07) is 8.57. The summed E-state index contributed by atoms with van der Waals surface area (Å²) in [5.41, 5.74) is 0.870. The molecule has 2 heterocycles. The van der Waals surface area contributed by atoms with Gasteiger partial charge in [0.25, 0.3) is 11.8 Å². The fourth-order valence-electron chi connectivity index (χ4n) is 3.14. The summed E-state index contributed by atoms with van der Waals surface area (Å²) in [7, 11) is 3.45. The highest BCUT2D eigenvalue weighted by Crippen LogP contribution is 2.19. The molecule has 1 saturated heterocycles. The summed E-state index contributed by atoms with van der Waals surface area (Å²) in [6.45, 7) is 1.09. The first kappa shape index (κ1) is 22.1. The number of nitrogens with one attached hydrogen (secondary N) is 2. The number of nitriles is 1. The maximum atomic E-state index is 12.9. The van der Waals surface area contributed by atoms with Crippen LogP contribution in [0.25, 0.3) is 0 Å². The quantitative estimate of drug-likeness (QED) is 0.524. The van der Waals surface area contributed by atoms with Crippen LogP contribution in [0, 0.1) is 11.3 Å². The van der Waals surface area contributed by atoms with Gasteiger partial charge in [0.1, 0.15) is 11.6 Å². The molecule has 2 amide bonds. The van der Waals surface area contributed by atoms with Crippen LogP contribution in [0.1, 0.15) is 16.8 Å². The molecule has 31 heavy (non-hydrogen) atoms. The summed E-state index contributed by atoms with van der Waals surface area (Å²) in [4.78, 5) is 36.8. The molecule has 0 saturated carbocycles. The van der Waals surface area contributed by atoms with Gasteiger partial charge in [0.15, 0.2) is 0 Å². The van der Waals surface area contributed by atoms with Gasteiger partial charge in [-0.2, -0.15) is 5.26 Å². The first-order chi connectivity index (χ1) is 14.9. The van der Waals surface area contributed by atoms with Crippen LogP contribution in [0.3, 0.4) is 0 Å². The molecule has 0 bridgehead atoms. The second kappa shape index (κ2) is 9.91. The average Bonchev–Trinajstić information content (AvgIpc) is 3.21. The van der Waals surface area contributed by atoms with Gasteiger partial charge in [-0.3, -0.25) is 9.59 Å². The number of rotatable bonds is 6. The van der Waals surface area contributed by atoms with E-state index in [1.807, 2.05) is 6.07 Å². The summed E-state index contributed by atoms with van der Waals surface area (Å²) in [6.07, 6.45) is 5.22. The summed E-state index contributed by atoms with van der Waals surface area (Å²) < 4.78 is 0. The van der Waals surface area contributed by atoms with E-state index in [-0.39, 0.29) is 17.5 Å². The third-order valence-corrected chi connectivity index (χ3v) is 4.74. The molecular weight excluding hydrogens is 418 g/mol. The van der Waals surface area contributed by atoms with E-state index in [0.29, 0.717) is 35.3 Å². The van der Waals surface area contributed by atoms with Crippen molar-refractivity contribution >= 4 is 35.1 Å². The highest BCUT2D eigenvalue weighted by molar-refractivity contribution is 6.30. The van der Waals surface area contributed by atoms with Gasteiger partial charge in [-0.1, -0.05) is 17.7 Å². The molecule has 0 aliphatic carbocycles. The average molecular weight is 440 g/mol. The van der Waals surface area contributed by atoms with Gasteiger partial charge in [0.05, 0.1) is 17.4 Å². The Hall–Kier alpha value is -3.64. The van der Waals surface area contributed by atoms with E-state index in [1.54, 1.807) is 48.2 Å². The van der Waals surface area contributed by atoms with E-state index >= 15 is 0 Å². The molecule has 10 heteroatoms. The van der Waals surface area contributed by atoms with Crippen LogP contribution in [0.15, 0.2) is 48.4 Å². The molecule has 3 rings (SSSR count). The Balaban J connectivity index is 1.63. The van der Waals surface area contributed by atoms with Crippen LogP contribution in [0.5, 0.6) is 0 Å². The van der Waals surface area contributed by atoms with E-state index in [0.717, 1.165) is 6.42 Å². The first-order valence-electron chi connectivity index (χ1n) is 9.59. The molecule has 1 fully saturated rings. The molecule has 9 nitrogen and oxygen atoms in total. The number of benzene rings is 1. The molecule has 1 aliphatic heterocycles. The van der Waals surface area contributed by atoms with Crippen LogP contribution in [-0.4, -0.2) is 64.8 Å². The summed E-state index contributed by atoms with van der Waals surface area (Å²) in [5, 5.41) is 15.5. The monoisotopic (exact) mass is 439 g/mol. The van der Waals surface area contributed by atoms with Crippen LogP contribution in [-0.2, 0) is 4.79 Å². The zero-order valence-electron chi connectivity index (χ0n) is 17.2. The zero-order chi connectivity index (χ0) is 22.4. The second-order valence-corrected chi connectivity index (χ2v) is 7.70. The number of likely N-dealkylation sites (tertiary alicyclic amines) is 1. The van der Waals surface area contributed by atoms with E-state index in [4.69, 9.17) is 16.9 Å². The highest BCUT2D eigenvalue weighted by Gasteiger charge is 2.27. The number of carbonyl (C=O) groups excluding carboxylic acids is 2. The van der Waals surface area contributed by atoms with Gasteiger partial charge < -0.3 is 20.4 Å². The standard InChI is InChI=1S/C21H22ClN7O2/c1-28(2)12-15(9-23)19(30)26-17-5-3-4-14(8-17)20(31)29-7-6-18(13-29)27-21-24-10-16(22)11-25-21/h3-5,8,10-12,18H,6-7,13H2,1-2H3,(H,26,30)(H,24,25,27)/t18-/m1/s1. The van der Waals surface area contributed by atoms with Crippen molar-refractivity contribution in [1.82, 2.24) is 19.8 Å². The Morgan fingerprint density at radius 2 is 2.06 bits per heavy atom. The van der Waals surface area contributed by atoms with Crippen molar-refractivity contribution in [3.63, 3.8) is 0 Å². The van der Waals surface area contributed by atoms with Crippen molar-refractivity contribution in [2.24, 2.45) is 0 Å². The number of nitrogens with zero attached hydrogens (tertiary/aromatic N) is 5. The Bertz CT molecular complexity index is 1030. The third-order valence-electron chi connectivity index (χ3n) is 4.55. The Labute approximate surface area is 185 Å².